The molecule has 1 aromatic carbocycles. The Morgan fingerprint density at radius 1 is 1.31 bits per heavy atom. The molecule has 0 aliphatic heterocycles. The average molecular weight is 218 g/mol. The molecule has 0 aliphatic rings. The SMILES string of the molecule is CC(NCOCc1ccccc1)[C@@H](C)C#N. The van der Waals surface area contributed by atoms with Gasteiger partial charge in [-0.05, 0) is 19.4 Å². The molecular weight excluding hydrogens is 200 g/mol. The van der Waals surface area contributed by atoms with Crippen molar-refractivity contribution in [3.63, 3.8) is 0 Å². The van der Waals surface area contributed by atoms with Gasteiger partial charge >= 0.3 is 0 Å². The molecule has 3 nitrogen and oxygen atoms in total. The molecule has 0 spiro atoms. The maximum Gasteiger partial charge on any atom is 0.0972 e. The third kappa shape index (κ3) is 4.43. The van der Waals surface area contributed by atoms with Crippen LogP contribution in [0.1, 0.15) is 19.4 Å². The molecule has 2 atom stereocenters. The molecule has 0 aliphatic carbocycles. The van der Waals surface area contributed by atoms with Gasteiger partial charge < -0.3 is 4.74 Å². The van der Waals surface area contributed by atoms with E-state index in [9.17, 15) is 0 Å². The molecule has 0 amide bonds. The molecule has 1 N–H and O–H groups in total. The minimum absolute atomic E-state index is 0.000301. The zero-order valence-electron chi connectivity index (χ0n) is 9.81. The predicted octanol–water partition coefficient (Wildman–Crippen LogP) is 2.30. The highest BCUT2D eigenvalue weighted by Crippen LogP contribution is 2.01. The van der Waals surface area contributed by atoms with Crippen LogP contribution < -0.4 is 5.32 Å². The summed E-state index contributed by atoms with van der Waals surface area (Å²) in [6.07, 6.45) is 0. The summed E-state index contributed by atoms with van der Waals surface area (Å²) >= 11 is 0. The van der Waals surface area contributed by atoms with E-state index in [1.807, 2.05) is 44.2 Å². The van der Waals surface area contributed by atoms with Gasteiger partial charge in [0.15, 0.2) is 0 Å². The van der Waals surface area contributed by atoms with E-state index in [0.29, 0.717) is 13.3 Å². The zero-order chi connectivity index (χ0) is 11.8. The van der Waals surface area contributed by atoms with E-state index in [-0.39, 0.29) is 12.0 Å². The van der Waals surface area contributed by atoms with Crippen molar-refractivity contribution >= 4 is 0 Å². The van der Waals surface area contributed by atoms with Crippen LogP contribution in [0.25, 0.3) is 0 Å². The molecule has 1 aromatic rings. The van der Waals surface area contributed by atoms with Crippen LogP contribution in [0.5, 0.6) is 0 Å². The quantitative estimate of drug-likeness (QED) is 0.588. The van der Waals surface area contributed by atoms with E-state index in [1.54, 1.807) is 0 Å². The molecule has 0 aromatic heterocycles. The fourth-order valence-corrected chi connectivity index (χ4v) is 1.22. The Morgan fingerprint density at radius 3 is 2.62 bits per heavy atom. The number of rotatable bonds is 6. The fraction of sp³-hybridized carbons (Fsp3) is 0.462. The highest BCUT2D eigenvalue weighted by Gasteiger charge is 2.09. The van der Waals surface area contributed by atoms with Crippen molar-refractivity contribution in [1.82, 2.24) is 5.32 Å². The van der Waals surface area contributed by atoms with E-state index in [0.717, 1.165) is 5.56 Å². The third-order valence-corrected chi connectivity index (χ3v) is 2.57. The van der Waals surface area contributed by atoms with Gasteiger partial charge in [-0.1, -0.05) is 30.3 Å². The summed E-state index contributed by atoms with van der Waals surface area (Å²) in [7, 11) is 0. The van der Waals surface area contributed by atoms with Gasteiger partial charge in [0.25, 0.3) is 0 Å². The molecule has 1 unspecified atom stereocenters. The minimum atomic E-state index is 0.000301. The van der Waals surface area contributed by atoms with E-state index in [4.69, 9.17) is 10.00 Å². The van der Waals surface area contributed by atoms with Crippen LogP contribution in [0.2, 0.25) is 0 Å². The van der Waals surface area contributed by atoms with Crippen molar-refractivity contribution in [2.45, 2.75) is 26.5 Å². The molecule has 1 rings (SSSR count). The lowest BCUT2D eigenvalue weighted by Crippen LogP contribution is -2.33. The number of benzene rings is 1. The van der Waals surface area contributed by atoms with Gasteiger partial charge in [-0.3, -0.25) is 5.32 Å². The number of ether oxygens (including phenoxy) is 1. The minimum Gasteiger partial charge on any atom is -0.362 e. The second-order valence-electron chi connectivity index (χ2n) is 3.89. The van der Waals surface area contributed by atoms with Crippen molar-refractivity contribution in [2.75, 3.05) is 6.73 Å². The van der Waals surface area contributed by atoms with Crippen molar-refractivity contribution in [3.05, 3.63) is 35.9 Å². The Hall–Kier alpha value is -1.37. The Labute approximate surface area is 97.0 Å². The number of hydrogen-bond donors (Lipinski definition) is 1. The predicted molar refractivity (Wildman–Crippen MR) is 63.5 cm³/mol. The first kappa shape index (κ1) is 12.7. The van der Waals surface area contributed by atoms with E-state index in [2.05, 4.69) is 11.4 Å². The molecule has 0 saturated carbocycles. The summed E-state index contributed by atoms with van der Waals surface area (Å²) in [4.78, 5) is 0. The molecule has 3 heteroatoms. The summed E-state index contributed by atoms with van der Waals surface area (Å²) in [6.45, 7) is 4.96. The topological polar surface area (TPSA) is 45.0 Å². The van der Waals surface area contributed by atoms with Gasteiger partial charge in [-0.15, -0.1) is 0 Å². The lowest BCUT2D eigenvalue weighted by molar-refractivity contribution is 0.0938. The van der Waals surface area contributed by atoms with Gasteiger partial charge in [0.05, 0.1) is 25.3 Å². The van der Waals surface area contributed by atoms with E-state index < -0.39 is 0 Å². The Morgan fingerprint density at radius 2 is 2.00 bits per heavy atom. The molecule has 16 heavy (non-hydrogen) atoms. The van der Waals surface area contributed by atoms with Crippen LogP contribution in [0, 0.1) is 17.2 Å². The first-order valence-corrected chi connectivity index (χ1v) is 5.48. The number of hydrogen-bond acceptors (Lipinski definition) is 3. The average Bonchev–Trinajstić information content (AvgIpc) is 2.34. The van der Waals surface area contributed by atoms with Crippen molar-refractivity contribution < 1.29 is 4.74 Å². The maximum atomic E-state index is 8.71. The number of nitrogens with one attached hydrogen (secondary N) is 1. The maximum absolute atomic E-state index is 8.71. The molecule has 0 saturated heterocycles. The Bertz CT molecular complexity index is 332. The number of nitrogens with zero attached hydrogens (tertiary/aromatic N) is 1. The van der Waals surface area contributed by atoms with Crippen molar-refractivity contribution in [1.29, 1.82) is 5.26 Å². The lowest BCUT2D eigenvalue weighted by atomic mass is 10.1. The smallest absolute Gasteiger partial charge is 0.0972 e. The zero-order valence-corrected chi connectivity index (χ0v) is 9.81. The van der Waals surface area contributed by atoms with Gasteiger partial charge in [0.1, 0.15) is 0 Å². The third-order valence-electron chi connectivity index (χ3n) is 2.57. The van der Waals surface area contributed by atoms with Crippen molar-refractivity contribution in [2.24, 2.45) is 5.92 Å². The lowest BCUT2D eigenvalue weighted by Gasteiger charge is -2.15. The summed E-state index contributed by atoms with van der Waals surface area (Å²) in [6, 6.07) is 12.4. The molecule has 0 fully saturated rings. The van der Waals surface area contributed by atoms with Crippen LogP contribution in [-0.4, -0.2) is 12.8 Å². The second-order valence-corrected chi connectivity index (χ2v) is 3.89. The molecule has 0 heterocycles. The van der Waals surface area contributed by atoms with Crippen LogP contribution in [0.15, 0.2) is 30.3 Å². The standard InChI is InChI=1S/C13H18N2O/c1-11(8-14)12(2)15-10-16-9-13-6-4-3-5-7-13/h3-7,11-12,15H,9-10H2,1-2H3/t11-,12?/m0/s1. The van der Waals surface area contributed by atoms with Gasteiger partial charge in [0, 0.05) is 6.04 Å². The van der Waals surface area contributed by atoms with Crippen LogP contribution in [0.4, 0.5) is 0 Å². The first-order valence-electron chi connectivity index (χ1n) is 5.48. The Balaban J connectivity index is 2.16. The van der Waals surface area contributed by atoms with E-state index in [1.165, 1.54) is 0 Å². The van der Waals surface area contributed by atoms with Gasteiger partial charge in [-0.2, -0.15) is 5.26 Å². The highest BCUT2D eigenvalue weighted by atomic mass is 16.5. The fourth-order valence-electron chi connectivity index (χ4n) is 1.22. The van der Waals surface area contributed by atoms with Crippen molar-refractivity contribution in [3.8, 4) is 6.07 Å². The van der Waals surface area contributed by atoms with Crippen LogP contribution >= 0.6 is 0 Å². The van der Waals surface area contributed by atoms with E-state index >= 15 is 0 Å². The highest BCUT2D eigenvalue weighted by molar-refractivity contribution is 5.13. The van der Waals surface area contributed by atoms with Crippen LogP contribution in [0.3, 0.4) is 0 Å². The van der Waals surface area contributed by atoms with Gasteiger partial charge in [0.2, 0.25) is 0 Å². The summed E-state index contributed by atoms with van der Waals surface area (Å²) in [5, 5.41) is 11.9. The summed E-state index contributed by atoms with van der Waals surface area (Å²) in [5.41, 5.74) is 1.16. The van der Waals surface area contributed by atoms with Gasteiger partial charge in [-0.25, -0.2) is 0 Å². The largest absolute Gasteiger partial charge is 0.362 e. The normalized spacial score (nSPS) is 14.1. The second kappa shape index (κ2) is 7.00. The molecule has 0 radical (unpaired) electrons. The summed E-state index contributed by atoms with van der Waals surface area (Å²) < 4.78 is 5.46. The first-order chi connectivity index (χ1) is 7.74. The number of nitriles is 1. The molecular formula is C13H18N2O. The monoisotopic (exact) mass is 218 g/mol. The summed E-state index contributed by atoms with van der Waals surface area (Å²) in [5.74, 6) is 0.000301. The molecule has 0 bridgehead atoms. The Kier molecular flexibility index (Phi) is 5.55. The van der Waals surface area contributed by atoms with Crippen LogP contribution in [-0.2, 0) is 11.3 Å². The molecule has 86 valence electrons.